The van der Waals surface area contributed by atoms with Crippen LogP contribution in [0.4, 0.5) is 5.82 Å². The lowest BCUT2D eigenvalue weighted by Crippen LogP contribution is -2.41. The van der Waals surface area contributed by atoms with Crippen LogP contribution in [-0.4, -0.2) is 74.1 Å². The largest absolute Gasteiger partial charge is 0.465 e. The smallest absolute Gasteiger partial charge is 0.323 e. The highest BCUT2D eigenvalue weighted by Gasteiger charge is 2.36. The number of carbonyl (C=O) groups excluding carboxylic acids is 2. The molecule has 1 saturated heterocycles. The van der Waals surface area contributed by atoms with E-state index < -0.39 is 49.9 Å². The third-order valence-electron chi connectivity index (χ3n) is 6.25. The number of aromatic nitrogens is 4. The highest BCUT2D eigenvalue weighted by Crippen LogP contribution is 2.41. The number of imidazole rings is 1. The Hall–Kier alpha value is -2.90. The van der Waals surface area contributed by atoms with Gasteiger partial charge in [0.05, 0.1) is 25.6 Å². The number of rotatable bonds is 15. The molecular formula is C25H40N7O7P. The molecule has 0 aromatic carbocycles. The predicted molar refractivity (Wildman–Crippen MR) is 148 cm³/mol. The van der Waals surface area contributed by atoms with Crippen molar-refractivity contribution in [3.05, 3.63) is 24.5 Å². The summed E-state index contributed by atoms with van der Waals surface area (Å²) in [6, 6.07) is -1.87. The van der Waals surface area contributed by atoms with Crippen molar-refractivity contribution in [2.75, 3.05) is 18.9 Å². The molecule has 0 amide bonds. The van der Waals surface area contributed by atoms with Gasteiger partial charge in [-0.3, -0.25) is 18.7 Å². The number of unbranched alkanes of at least 4 members (excludes halogenated alkanes) is 2. The lowest BCUT2D eigenvalue weighted by molar-refractivity contribution is -0.145. The van der Waals surface area contributed by atoms with E-state index in [0.717, 1.165) is 12.8 Å². The topological polar surface area (TPSA) is 193 Å². The molecule has 3 rings (SSSR count). The first-order valence-corrected chi connectivity index (χ1v) is 15.3. The van der Waals surface area contributed by atoms with E-state index in [-0.39, 0.29) is 25.5 Å². The van der Waals surface area contributed by atoms with Gasteiger partial charge >= 0.3 is 11.9 Å². The summed E-state index contributed by atoms with van der Waals surface area (Å²) in [5.41, 5.74) is 6.65. The predicted octanol–water partition coefficient (Wildman–Crippen LogP) is 2.41. The normalized spacial score (nSPS) is 22.3. The number of esters is 2. The number of hydrogen-bond donors (Lipinski definition) is 4. The average Bonchev–Trinajstić information content (AvgIpc) is 3.51. The molecule has 222 valence electrons. The quantitative estimate of drug-likeness (QED) is 0.136. The molecule has 3 heterocycles. The Kier molecular flexibility index (Phi) is 11.6. The van der Waals surface area contributed by atoms with Gasteiger partial charge in [0.2, 0.25) is 7.44 Å². The fraction of sp³-hybridized carbons (Fsp3) is 0.640. The Labute approximate surface area is 233 Å². The molecule has 1 unspecified atom stereocenters. The van der Waals surface area contributed by atoms with Gasteiger partial charge in [-0.2, -0.15) is 0 Å². The third kappa shape index (κ3) is 8.31. The number of nitrogen functional groups attached to an aromatic ring is 1. The molecule has 14 nitrogen and oxygen atoms in total. The number of fused-ring (bicyclic) bond motifs is 1. The van der Waals surface area contributed by atoms with E-state index in [0.29, 0.717) is 24.0 Å². The van der Waals surface area contributed by atoms with E-state index in [1.807, 2.05) is 13.8 Å². The van der Waals surface area contributed by atoms with E-state index in [1.54, 1.807) is 4.57 Å². The van der Waals surface area contributed by atoms with Crippen LogP contribution in [0.1, 0.15) is 66.0 Å². The first kappa shape index (κ1) is 31.6. The molecule has 2 aromatic rings. The summed E-state index contributed by atoms with van der Waals surface area (Å²) in [4.78, 5) is 37.2. The minimum Gasteiger partial charge on any atom is -0.465 e. The minimum absolute atomic E-state index is 0.185. The molecule has 40 heavy (non-hydrogen) atoms. The maximum atomic E-state index is 14.0. The second-order valence-electron chi connectivity index (χ2n) is 9.69. The molecule has 0 radical (unpaired) electrons. The Morgan fingerprint density at radius 2 is 1.75 bits per heavy atom. The van der Waals surface area contributed by atoms with Crippen molar-refractivity contribution < 1.29 is 33.5 Å². The van der Waals surface area contributed by atoms with Gasteiger partial charge < -0.3 is 25.1 Å². The Morgan fingerprint density at radius 3 is 2.33 bits per heavy atom. The second-order valence-corrected chi connectivity index (χ2v) is 11.8. The van der Waals surface area contributed by atoms with E-state index in [4.69, 9.17) is 19.9 Å². The number of nitrogens with zero attached hydrogens (tertiary/aromatic N) is 4. The van der Waals surface area contributed by atoms with Crippen LogP contribution >= 0.6 is 7.44 Å². The van der Waals surface area contributed by atoms with Crippen LogP contribution in [-0.2, 0) is 28.4 Å². The molecule has 5 N–H and O–H groups in total. The highest BCUT2D eigenvalue weighted by atomic mass is 31.2. The fourth-order valence-corrected chi connectivity index (χ4v) is 6.06. The van der Waals surface area contributed by atoms with Crippen LogP contribution in [0.25, 0.3) is 11.2 Å². The number of ether oxygens (including phenoxy) is 3. The van der Waals surface area contributed by atoms with E-state index >= 15 is 0 Å². The summed E-state index contributed by atoms with van der Waals surface area (Å²) in [6.07, 6.45) is 5.21. The van der Waals surface area contributed by atoms with Crippen molar-refractivity contribution in [2.24, 2.45) is 0 Å². The van der Waals surface area contributed by atoms with Crippen LogP contribution in [0.5, 0.6) is 0 Å². The lowest BCUT2D eigenvalue weighted by atomic mass is 10.2. The molecule has 2 aromatic heterocycles. The monoisotopic (exact) mass is 581 g/mol. The summed E-state index contributed by atoms with van der Waals surface area (Å²) >= 11 is 0. The molecule has 0 saturated carbocycles. The third-order valence-corrected chi connectivity index (χ3v) is 8.39. The average molecular weight is 582 g/mol. The number of anilines is 1. The zero-order valence-corrected chi connectivity index (χ0v) is 24.3. The summed E-state index contributed by atoms with van der Waals surface area (Å²) < 4.78 is 32.1. The second kappa shape index (κ2) is 14.6. The number of nitrogens with two attached hydrogens (primary N) is 1. The molecule has 15 heteroatoms. The van der Waals surface area contributed by atoms with E-state index in [1.165, 1.54) is 38.4 Å². The standard InChI is InChI=1S/C25H40N7O7P/c1-5-7-10-37-24(34)16(3)30-40(36,31-17(4)25(35)38-11-8-6-2)12-9-18-13-19(33)23(39-18)32-15-29-20-21(26)27-14-28-22(20)32/h9,12,14-19,23,33H,5-8,10-11,13H2,1-4H3,(H2,26,27,28)(H2,30,31,36)/b12-9+/t16-,17+,18-,19-,23-,40?/m1/s1. The van der Waals surface area contributed by atoms with Crippen LogP contribution in [0.3, 0.4) is 0 Å². The number of nitrogens with one attached hydrogen (secondary N) is 2. The SMILES string of the molecule is CCCCOC(=O)[C@H](C)NP(=O)(/C=C/[C@@H]1C[C@@H](O)[C@H](n2cnc3c(N)ncnc32)O1)N[C@H](C)C(=O)OCCCC. The minimum atomic E-state index is -3.72. The van der Waals surface area contributed by atoms with Gasteiger partial charge in [0.1, 0.15) is 30.0 Å². The van der Waals surface area contributed by atoms with Gasteiger partial charge in [-0.25, -0.2) is 25.1 Å². The Morgan fingerprint density at radius 1 is 1.15 bits per heavy atom. The number of aliphatic hydroxyl groups excluding tert-OH is 1. The van der Waals surface area contributed by atoms with Crippen molar-refractivity contribution in [3.8, 4) is 0 Å². The summed E-state index contributed by atoms with van der Waals surface area (Å²) in [5.74, 6) is 0.408. The molecule has 1 fully saturated rings. The lowest BCUT2D eigenvalue weighted by Gasteiger charge is -2.24. The van der Waals surface area contributed by atoms with E-state index in [9.17, 15) is 19.3 Å². The molecule has 0 bridgehead atoms. The maximum Gasteiger partial charge on any atom is 0.323 e. The van der Waals surface area contributed by atoms with Gasteiger partial charge in [-0.1, -0.05) is 26.7 Å². The Balaban J connectivity index is 1.75. The fourth-order valence-electron chi connectivity index (χ4n) is 4.02. The van der Waals surface area contributed by atoms with Gasteiger partial charge in [0, 0.05) is 12.2 Å². The number of aliphatic hydroxyl groups is 1. The Bertz CT molecular complexity index is 1190. The molecule has 0 aliphatic carbocycles. The van der Waals surface area contributed by atoms with Crippen LogP contribution in [0, 0.1) is 0 Å². The van der Waals surface area contributed by atoms with Crippen LogP contribution in [0.2, 0.25) is 0 Å². The molecule has 0 spiro atoms. The van der Waals surface area contributed by atoms with E-state index in [2.05, 4.69) is 25.1 Å². The van der Waals surface area contributed by atoms with Gasteiger partial charge in [-0.05, 0) is 32.8 Å². The molecule has 1 aliphatic rings. The zero-order chi connectivity index (χ0) is 29.3. The van der Waals surface area contributed by atoms with Crippen molar-refractivity contribution >= 4 is 36.4 Å². The molecule has 6 atom stereocenters. The van der Waals surface area contributed by atoms with Crippen molar-refractivity contribution in [2.45, 2.75) is 90.3 Å². The van der Waals surface area contributed by atoms with Crippen LogP contribution < -0.4 is 15.9 Å². The first-order valence-electron chi connectivity index (χ1n) is 13.5. The van der Waals surface area contributed by atoms with Crippen molar-refractivity contribution in [1.82, 2.24) is 29.7 Å². The van der Waals surface area contributed by atoms with Crippen molar-refractivity contribution in [1.29, 1.82) is 0 Å². The number of carbonyl (C=O) groups is 2. The highest BCUT2D eigenvalue weighted by molar-refractivity contribution is 7.63. The first-order chi connectivity index (χ1) is 19.1. The van der Waals surface area contributed by atoms with Crippen molar-refractivity contribution in [3.63, 3.8) is 0 Å². The maximum absolute atomic E-state index is 14.0. The molecular weight excluding hydrogens is 541 g/mol. The summed E-state index contributed by atoms with van der Waals surface area (Å²) in [7, 11) is -3.72. The van der Waals surface area contributed by atoms with Gasteiger partial charge in [0.15, 0.2) is 17.7 Å². The molecule has 1 aliphatic heterocycles. The van der Waals surface area contributed by atoms with Gasteiger partial charge in [0.25, 0.3) is 0 Å². The number of hydrogen-bond acceptors (Lipinski definition) is 11. The van der Waals surface area contributed by atoms with Crippen LogP contribution in [0.15, 0.2) is 24.5 Å². The van der Waals surface area contributed by atoms with Gasteiger partial charge in [-0.15, -0.1) is 0 Å². The summed E-state index contributed by atoms with van der Waals surface area (Å²) in [5, 5.41) is 16.3. The zero-order valence-electron chi connectivity index (χ0n) is 23.4. The summed E-state index contributed by atoms with van der Waals surface area (Å²) in [6.45, 7) is 7.52.